The quantitative estimate of drug-likeness (QED) is 0.565. The number of pyridine rings is 1. The molecule has 3 N–H and O–H groups in total. The zero-order valence-corrected chi connectivity index (χ0v) is 16.8. The predicted molar refractivity (Wildman–Crippen MR) is 109 cm³/mol. The molecule has 0 unspecified atom stereocenters. The molecule has 0 aliphatic carbocycles. The second kappa shape index (κ2) is 8.63. The molecule has 4 rings (SSSR count). The van der Waals surface area contributed by atoms with Crippen molar-refractivity contribution >= 4 is 11.9 Å². The van der Waals surface area contributed by atoms with Gasteiger partial charge in [-0.3, -0.25) is 9.78 Å². The van der Waals surface area contributed by atoms with Crippen molar-refractivity contribution in [2.24, 2.45) is 0 Å². The van der Waals surface area contributed by atoms with Gasteiger partial charge >= 0.3 is 12.1 Å². The number of rotatable bonds is 2. The second-order valence-corrected chi connectivity index (χ2v) is 7.19. The van der Waals surface area contributed by atoms with Crippen LogP contribution in [0.4, 0.5) is 13.2 Å². The van der Waals surface area contributed by atoms with Gasteiger partial charge in [0, 0.05) is 41.7 Å². The summed E-state index contributed by atoms with van der Waals surface area (Å²) in [7, 11) is 0. The third kappa shape index (κ3) is 5.30. The summed E-state index contributed by atoms with van der Waals surface area (Å²) in [5.74, 6) is -2.75. The SMILES string of the molecule is Cc1cc(C)cc(-c2cc(-c3cc4c([nH]3)CCNC4=O)ccn2)c1.O=C(O)C(F)(F)F. The fourth-order valence-electron chi connectivity index (χ4n) is 3.33. The molecule has 0 saturated heterocycles. The number of H-pyrrole nitrogens is 1. The first-order chi connectivity index (χ1) is 14.5. The second-order valence-electron chi connectivity index (χ2n) is 7.19. The van der Waals surface area contributed by atoms with Gasteiger partial charge in [-0.2, -0.15) is 13.2 Å². The van der Waals surface area contributed by atoms with E-state index in [2.05, 4.69) is 53.4 Å². The molecule has 0 fully saturated rings. The highest BCUT2D eigenvalue weighted by Gasteiger charge is 2.38. The highest BCUT2D eigenvalue weighted by Crippen LogP contribution is 2.28. The third-order valence-corrected chi connectivity index (χ3v) is 4.64. The largest absolute Gasteiger partial charge is 0.490 e. The molecular weight excluding hydrogens is 411 g/mol. The van der Waals surface area contributed by atoms with Crippen LogP contribution in [0.2, 0.25) is 0 Å². The first-order valence-electron chi connectivity index (χ1n) is 9.40. The number of nitrogens with zero attached hydrogens (tertiary/aromatic N) is 1. The summed E-state index contributed by atoms with van der Waals surface area (Å²) in [6.45, 7) is 4.88. The molecule has 6 nitrogen and oxygen atoms in total. The lowest BCUT2D eigenvalue weighted by molar-refractivity contribution is -0.192. The maximum Gasteiger partial charge on any atom is 0.490 e. The highest BCUT2D eigenvalue weighted by molar-refractivity contribution is 5.97. The molecule has 9 heteroatoms. The van der Waals surface area contributed by atoms with E-state index < -0.39 is 12.1 Å². The molecular formula is C22H20F3N3O3. The standard InChI is InChI=1S/C20H19N3O.C2HF3O2/c1-12-7-13(2)9-15(8-12)18-10-14(3-5-21-18)19-11-16-17(23-19)4-6-22-20(16)24;3-2(4,5)1(6)7/h3,5,7-11,23H,4,6H2,1-2H3,(H,22,24);(H,6,7). The van der Waals surface area contributed by atoms with Crippen LogP contribution < -0.4 is 5.32 Å². The number of carboxylic acid groups (broad SMARTS) is 1. The zero-order chi connectivity index (χ0) is 22.8. The molecule has 1 aliphatic rings. The first kappa shape index (κ1) is 22.1. The fraction of sp³-hybridized carbons (Fsp3) is 0.227. The molecule has 0 bridgehead atoms. The Kier molecular flexibility index (Phi) is 6.14. The minimum atomic E-state index is -5.08. The van der Waals surface area contributed by atoms with Gasteiger partial charge in [-0.05, 0) is 44.2 Å². The molecule has 162 valence electrons. The van der Waals surface area contributed by atoms with E-state index in [-0.39, 0.29) is 5.91 Å². The van der Waals surface area contributed by atoms with Crippen molar-refractivity contribution in [3.05, 3.63) is 65.0 Å². The number of benzene rings is 1. The number of hydrogen-bond acceptors (Lipinski definition) is 3. The highest BCUT2D eigenvalue weighted by atomic mass is 19.4. The lowest BCUT2D eigenvalue weighted by atomic mass is 10.0. The number of halogens is 3. The Labute approximate surface area is 176 Å². The Hall–Kier alpha value is -3.62. The van der Waals surface area contributed by atoms with Gasteiger partial charge in [0.1, 0.15) is 0 Å². The summed E-state index contributed by atoms with van der Waals surface area (Å²) in [6.07, 6.45) is -2.42. The van der Waals surface area contributed by atoms with E-state index in [4.69, 9.17) is 9.90 Å². The topological polar surface area (TPSA) is 95.1 Å². The van der Waals surface area contributed by atoms with Crippen molar-refractivity contribution in [1.82, 2.24) is 15.3 Å². The number of nitrogens with one attached hydrogen (secondary N) is 2. The Morgan fingerprint density at radius 3 is 2.29 bits per heavy atom. The number of hydrogen-bond donors (Lipinski definition) is 3. The van der Waals surface area contributed by atoms with E-state index in [1.165, 1.54) is 11.1 Å². The first-order valence-corrected chi connectivity index (χ1v) is 9.40. The van der Waals surface area contributed by atoms with Crippen LogP contribution in [-0.2, 0) is 11.2 Å². The Bertz CT molecular complexity index is 1120. The van der Waals surface area contributed by atoms with Crippen molar-refractivity contribution in [1.29, 1.82) is 0 Å². The predicted octanol–water partition coefficient (Wildman–Crippen LogP) is 4.28. The number of carboxylic acids is 1. The van der Waals surface area contributed by atoms with Crippen LogP contribution in [0.3, 0.4) is 0 Å². The van der Waals surface area contributed by atoms with E-state index in [1.807, 2.05) is 18.3 Å². The van der Waals surface area contributed by atoms with Gasteiger partial charge in [0.15, 0.2) is 0 Å². The van der Waals surface area contributed by atoms with Crippen molar-refractivity contribution in [2.75, 3.05) is 6.54 Å². The number of alkyl halides is 3. The van der Waals surface area contributed by atoms with Gasteiger partial charge in [0.25, 0.3) is 5.91 Å². The van der Waals surface area contributed by atoms with Gasteiger partial charge in [-0.15, -0.1) is 0 Å². The van der Waals surface area contributed by atoms with E-state index in [9.17, 15) is 18.0 Å². The van der Waals surface area contributed by atoms with Crippen LogP contribution in [0.15, 0.2) is 42.6 Å². The molecule has 31 heavy (non-hydrogen) atoms. The molecule has 0 radical (unpaired) electrons. The smallest absolute Gasteiger partial charge is 0.475 e. The lowest BCUT2D eigenvalue weighted by Gasteiger charge is -2.11. The zero-order valence-electron chi connectivity index (χ0n) is 16.8. The number of aryl methyl sites for hydroxylation is 2. The minimum Gasteiger partial charge on any atom is -0.475 e. The van der Waals surface area contributed by atoms with Crippen molar-refractivity contribution in [3.63, 3.8) is 0 Å². The van der Waals surface area contributed by atoms with Crippen LogP contribution in [-0.4, -0.2) is 39.7 Å². The number of amides is 1. The Balaban J connectivity index is 0.000000339. The summed E-state index contributed by atoms with van der Waals surface area (Å²) in [4.78, 5) is 28.8. The molecule has 0 spiro atoms. The monoisotopic (exact) mass is 431 g/mol. The van der Waals surface area contributed by atoms with Gasteiger partial charge in [0.2, 0.25) is 0 Å². The average molecular weight is 431 g/mol. The van der Waals surface area contributed by atoms with Gasteiger partial charge in [0.05, 0.1) is 11.3 Å². The number of aromatic nitrogens is 2. The maximum absolute atomic E-state index is 12.0. The van der Waals surface area contributed by atoms with E-state index >= 15 is 0 Å². The number of aliphatic carboxylic acids is 1. The van der Waals surface area contributed by atoms with E-state index in [0.29, 0.717) is 6.54 Å². The maximum atomic E-state index is 12.0. The Morgan fingerprint density at radius 2 is 1.71 bits per heavy atom. The summed E-state index contributed by atoms with van der Waals surface area (Å²) < 4.78 is 31.7. The van der Waals surface area contributed by atoms with Crippen LogP contribution in [0.1, 0.15) is 27.2 Å². The normalized spacial score (nSPS) is 13.0. The van der Waals surface area contributed by atoms with E-state index in [1.54, 1.807) is 0 Å². The van der Waals surface area contributed by atoms with Gasteiger partial charge in [-0.25, -0.2) is 4.79 Å². The molecule has 1 amide bonds. The molecule has 3 heterocycles. The fourth-order valence-corrected chi connectivity index (χ4v) is 3.33. The molecule has 1 aromatic carbocycles. The van der Waals surface area contributed by atoms with Gasteiger partial charge in [-0.1, -0.05) is 17.2 Å². The summed E-state index contributed by atoms with van der Waals surface area (Å²) >= 11 is 0. The van der Waals surface area contributed by atoms with E-state index in [0.717, 1.165) is 40.2 Å². The summed E-state index contributed by atoms with van der Waals surface area (Å²) in [5, 5.41) is 10.0. The van der Waals surface area contributed by atoms with Gasteiger partial charge < -0.3 is 15.4 Å². The number of aromatic amines is 1. The molecule has 0 atom stereocenters. The molecule has 3 aromatic rings. The van der Waals surface area contributed by atoms with Crippen LogP contribution in [0, 0.1) is 13.8 Å². The molecule has 1 aliphatic heterocycles. The average Bonchev–Trinajstić information content (AvgIpc) is 3.13. The van der Waals surface area contributed by atoms with Crippen molar-refractivity contribution in [3.8, 4) is 22.5 Å². The van der Waals surface area contributed by atoms with Crippen LogP contribution in [0.5, 0.6) is 0 Å². The molecule has 0 saturated carbocycles. The Morgan fingerprint density at radius 1 is 1.06 bits per heavy atom. The minimum absolute atomic E-state index is 0.00217. The summed E-state index contributed by atoms with van der Waals surface area (Å²) in [5.41, 5.74) is 8.28. The van der Waals surface area contributed by atoms with Crippen LogP contribution >= 0.6 is 0 Å². The van der Waals surface area contributed by atoms with Crippen LogP contribution in [0.25, 0.3) is 22.5 Å². The summed E-state index contributed by atoms with van der Waals surface area (Å²) in [6, 6.07) is 12.4. The number of fused-ring (bicyclic) bond motifs is 1. The molecule has 2 aromatic heterocycles. The van der Waals surface area contributed by atoms with Crippen molar-refractivity contribution in [2.45, 2.75) is 26.4 Å². The lowest BCUT2D eigenvalue weighted by Crippen LogP contribution is -2.31. The van der Waals surface area contributed by atoms with Crippen molar-refractivity contribution < 1.29 is 27.9 Å². The number of carbonyl (C=O) groups excluding carboxylic acids is 1. The number of carbonyl (C=O) groups is 2. The third-order valence-electron chi connectivity index (χ3n) is 4.64.